The van der Waals surface area contributed by atoms with Crippen molar-refractivity contribution in [3.8, 4) is 11.3 Å². The molecule has 0 unspecified atom stereocenters. The highest BCUT2D eigenvalue weighted by atomic mass is 16.2. The Labute approximate surface area is 129 Å². The van der Waals surface area contributed by atoms with Gasteiger partial charge in [0.15, 0.2) is 0 Å². The number of aromatic amines is 1. The first-order chi connectivity index (χ1) is 10.6. The van der Waals surface area contributed by atoms with Crippen molar-refractivity contribution in [1.82, 2.24) is 20.1 Å². The summed E-state index contributed by atoms with van der Waals surface area (Å²) in [5.74, 6) is -0.0228. The van der Waals surface area contributed by atoms with Crippen LogP contribution in [0.1, 0.15) is 22.8 Å². The molecule has 0 saturated heterocycles. The van der Waals surface area contributed by atoms with E-state index in [1.165, 1.54) is 5.56 Å². The maximum Gasteiger partial charge on any atom is 0.254 e. The van der Waals surface area contributed by atoms with E-state index in [9.17, 15) is 4.79 Å². The number of benzene rings is 1. The van der Waals surface area contributed by atoms with Crippen LogP contribution in [0, 0.1) is 0 Å². The van der Waals surface area contributed by atoms with Gasteiger partial charge in [-0.15, -0.1) is 0 Å². The van der Waals surface area contributed by atoms with Crippen LogP contribution >= 0.6 is 0 Å². The Bertz CT molecular complexity index is 822. The van der Waals surface area contributed by atoms with Gasteiger partial charge in [0.05, 0.1) is 23.0 Å². The molecule has 3 rings (SSSR count). The van der Waals surface area contributed by atoms with E-state index in [1.54, 1.807) is 31.4 Å². The summed E-state index contributed by atoms with van der Waals surface area (Å²) in [6.45, 7) is 2.10. The summed E-state index contributed by atoms with van der Waals surface area (Å²) in [6.07, 6.45) is 4.41. The zero-order valence-electron chi connectivity index (χ0n) is 12.9. The fraction of sp³-hybridized carbons (Fsp3) is 0.235. The van der Waals surface area contributed by atoms with Gasteiger partial charge in [0, 0.05) is 31.2 Å². The van der Waals surface area contributed by atoms with Crippen LogP contribution in [-0.4, -0.2) is 40.1 Å². The molecule has 0 spiro atoms. The normalized spacial score (nSPS) is 10.9. The monoisotopic (exact) mass is 294 g/mol. The van der Waals surface area contributed by atoms with Gasteiger partial charge in [-0.1, -0.05) is 13.0 Å². The quantitative estimate of drug-likeness (QED) is 0.808. The minimum atomic E-state index is -0.0228. The lowest BCUT2D eigenvalue weighted by Gasteiger charge is -2.14. The van der Waals surface area contributed by atoms with Crippen molar-refractivity contribution in [2.45, 2.75) is 13.3 Å². The van der Waals surface area contributed by atoms with Crippen LogP contribution in [0.4, 0.5) is 0 Å². The summed E-state index contributed by atoms with van der Waals surface area (Å²) in [4.78, 5) is 18.8. The average molecular weight is 294 g/mol. The standard InChI is InChI=1S/C17H18N4O/c1-4-11-5-6-15-13(7-11)14(17(22)21(2)3)8-16(20-15)12-9-18-19-10-12/h5-10H,4H2,1-3H3,(H,18,19). The Balaban J connectivity index is 2.28. The van der Waals surface area contributed by atoms with Crippen molar-refractivity contribution in [3.63, 3.8) is 0 Å². The number of nitrogens with zero attached hydrogens (tertiary/aromatic N) is 3. The van der Waals surface area contributed by atoms with E-state index in [0.29, 0.717) is 5.56 Å². The van der Waals surface area contributed by atoms with Crippen molar-refractivity contribution in [3.05, 3.63) is 47.8 Å². The molecule has 0 radical (unpaired) electrons. The van der Waals surface area contributed by atoms with Gasteiger partial charge in [-0.05, 0) is 30.2 Å². The largest absolute Gasteiger partial charge is 0.345 e. The first-order valence-corrected chi connectivity index (χ1v) is 7.24. The summed E-state index contributed by atoms with van der Waals surface area (Å²) in [7, 11) is 3.52. The Kier molecular flexibility index (Phi) is 3.63. The van der Waals surface area contributed by atoms with Crippen molar-refractivity contribution in [1.29, 1.82) is 0 Å². The molecule has 2 aromatic heterocycles. The van der Waals surface area contributed by atoms with Gasteiger partial charge in [-0.25, -0.2) is 4.98 Å². The second kappa shape index (κ2) is 5.60. The van der Waals surface area contributed by atoms with Crippen molar-refractivity contribution >= 4 is 16.8 Å². The van der Waals surface area contributed by atoms with E-state index in [-0.39, 0.29) is 5.91 Å². The number of nitrogens with one attached hydrogen (secondary N) is 1. The molecule has 1 N–H and O–H groups in total. The fourth-order valence-electron chi connectivity index (χ4n) is 2.45. The average Bonchev–Trinajstić information content (AvgIpc) is 3.06. The predicted octanol–water partition coefficient (Wildman–Crippen LogP) is 2.89. The highest BCUT2D eigenvalue weighted by Gasteiger charge is 2.16. The van der Waals surface area contributed by atoms with Crippen LogP contribution in [-0.2, 0) is 6.42 Å². The van der Waals surface area contributed by atoms with E-state index in [0.717, 1.165) is 28.6 Å². The van der Waals surface area contributed by atoms with Crippen LogP contribution < -0.4 is 0 Å². The topological polar surface area (TPSA) is 61.9 Å². The zero-order valence-corrected chi connectivity index (χ0v) is 12.9. The second-order valence-corrected chi connectivity index (χ2v) is 5.45. The fourth-order valence-corrected chi connectivity index (χ4v) is 2.45. The molecule has 2 heterocycles. The zero-order chi connectivity index (χ0) is 15.7. The first kappa shape index (κ1) is 14.3. The van der Waals surface area contributed by atoms with Gasteiger partial charge < -0.3 is 4.90 Å². The number of H-pyrrole nitrogens is 1. The summed E-state index contributed by atoms with van der Waals surface area (Å²) in [5, 5.41) is 7.63. The maximum atomic E-state index is 12.6. The number of carbonyl (C=O) groups is 1. The number of rotatable bonds is 3. The molecule has 3 aromatic rings. The molecule has 0 aliphatic rings. The smallest absolute Gasteiger partial charge is 0.254 e. The molecule has 0 bridgehead atoms. The summed E-state index contributed by atoms with van der Waals surface area (Å²) < 4.78 is 0. The molecule has 0 fully saturated rings. The number of hydrogen-bond acceptors (Lipinski definition) is 3. The lowest BCUT2D eigenvalue weighted by atomic mass is 10.0. The van der Waals surface area contributed by atoms with Crippen molar-refractivity contribution in [2.75, 3.05) is 14.1 Å². The van der Waals surface area contributed by atoms with Gasteiger partial charge in [-0.3, -0.25) is 9.89 Å². The van der Waals surface area contributed by atoms with E-state index in [1.807, 2.05) is 12.1 Å². The highest BCUT2D eigenvalue weighted by Crippen LogP contribution is 2.26. The Hall–Kier alpha value is -2.69. The third-order valence-electron chi connectivity index (χ3n) is 3.71. The minimum Gasteiger partial charge on any atom is -0.345 e. The van der Waals surface area contributed by atoms with Crippen LogP contribution in [0.25, 0.3) is 22.2 Å². The molecule has 112 valence electrons. The van der Waals surface area contributed by atoms with E-state index >= 15 is 0 Å². The van der Waals surface area contributed by atoms with Crippen molar-refractivity contribution in [2.24, 2.45) is 0 Å². The lowest BCUT2D eigenvalue weighted by Crippen LogP contribution is -2.22. The Morgan fingerprint density at radius 3 is 2.73 bits per heavy atom. The van der Waals surface area contributed by atoms with Gasteiger partial charge in [0.1, 0.15) is 0 Å². The molecule has 5 heteroatoms. The molecule has 5 nitrogen and oxygen atoms in total. The van der Waals surface area contributed by atoms with Crippen LogP contribution in [0.15, 0.2) is 36.7 Å². The molecule has 0 aliphatic carbocycles. The third-order valence-corrected chi connectivity index (χ3v) is 3.71. The minimum absolute atomic E-state index is 0.0228. The Morgan fingerprint density at radius 2 is 2.09 bits per heavy atom. The van der Waals surface area contributed by atoms with Crippen LogP contribution in [0.2, 0.25) is 0 Å². The van der Waals surface area contributed by atoms with E-state index in [4.69, 9.17) is 0 Å². The molecular weight excluding hydrogens is 276 g/mol. The SMILES string of the molecule is CCc1ccc2nc(-c3cn[nH]c3)cc(C(=O)N(C)C)c2c1. The lowest BCUT2D eigenvalue weighted by molar-refractivity contribution is 0.0829. The summed E-state index contributed by atoms with van der Waals surface area (Å²) in [5.41, 5.74) is 4.30. The highest BCUT2D eigenvalue weighted by molar-refractivity contribution is 6.07. The van der Waals surface area contributed by atoms with Gasteiger partial charge in [0.2, 0.25) is 0 Å². The molecule has 22 heavy (non-hydrogen) atoms. The number of fused-ring (bicyclic) bond motifs is 1. The second-order valence-electron chi connectivity index (χ2n) is 5.45. The number of aryl methyl sites for hydroxylation is 1. The van der Waals surface area contributed by atoms with Crippen LogP contribution in [0.5, 0.6) is 0 Å². The molecule has 0 saturated carbocycles. The van der Waals surface area contributed by atoms with E-state index in [2.05, 4.69) is 34.2 Å². The first-order valence-electron chi connectivity index (χ1n) is 7.24. The predicted molar refractivity (Wildman–Crippen MR) is 86.7 cm³/mol. The molecule has 1 aromatic carbocycles. The van der Waals surface area contributed by atoms with Gasteiger partial charge >= 0.3 is 0 Å². The van der Waals surface area contributed by atoms with Crippen molar-refractivity contribution < 1.29 is 4.79 Å². The molecule has 1 amide bonds. The molecular formula is C17H18N4O. The van der Waals surface area contributed by atoms with Gasteiger partial charge in [-0.2, -0.15) is 5.10 Å². The maximum absolute atomic E-state index is 12.6. The number of pyridine rings is 1. The summed E-state index contributed by atoms with van der Waals surface area (Å²) >= 11 is 0. The third kappa shape index (κ3) is 2.45. The number of aromatic nitrogens is 3. The number of carbonyl (C=O) groups excluding carboxylic acids is 1. The number of hydrogen-bond donors (Lipinski definition) is 1. The molecule has 0 aliphatic heterocycles. The van der Waals surface area contributed by atoms with Gasteiger partial charge in [0.25, 0.3) is 5.91 Å². The van der Waals surface area contributed by atoms with Crippen LogP contribution in [0.3, 0.4) is 0 Å². The van der Waals surface area contributed by atoms with E-state index < -0.39 is 0 Å². The summed E-state index contributed by atoms with van der Waals surface area (Å²) in [6, 6.07) is 7.93. The Morgan fingerprint density at radius 1 is 1.27 bits per heavy atom. The molecule has 0 atom stereocenters. The number of amides is 1.